The highest BCUT2D eigenvalue weighted by molar-refractivity contribution is 5.86. The van der Waals surface area contributed by atoms with Gasteiger partial charge in [0.25, 0.3) is 5.56 Å². The van der Waals surface area contributed by atoms with Gasteiger partial charge in [-0.1, -0.05) is 97.1 Å². The van der Waals surface area contributed by atoms with Crippen LogP contribution in [0.4, 0.5) is 5.69 Å². The fourth-order valence-electron chi connectivity index (χ4n) is 3.57. The fourth-order valence-corrected chi connectivity index (χ4v) is 3.57. The molecule has 0 aliphatic carbocycles. The lowest BCUT2D eigenvalue weighted by Gasteiger charge is -2.07. The normalized spacial score (nSPS) is 11.8. The predicted molar refractivity (Wildman–Crippen MR) is 145 cm³/mol. The highest BCUT2D eigenvalue weighted by atomic mass is 16.1. The lowest BCUT2D eigenvalue weighted by molar-refractivity contribution is 0.804. The molecular formula is C30H22N4O. The third-order valence-electron chi connectivity index (χ3n) is 5.36. The van der Waals surface area contributed by atoms with Crippen LogP contribution in [0.2, 0.25) is 0 Å². The van der Waals surface area contributed by atoms with Crippen LogP contribution in [-0.4, -0.2) is 22.1 Å². The van der Waals surface area contributed by atoms with E-state index in [0.29, 0.717) is 16.7 Å². The number of aliphatic imine (C=N–C) groups is 1. The molecule has 0 N–H and O–H groups in total. The second-order valence-corrected chi connectivity index (χ2v) is 7.86. The molecule has 5 heteroatoms. The first kappa shape index (κ1) is 21.9. The predicted octanol–water partition coefficient (Wildman–Crippen LogP) is 6.20. The van der Waals surface area contributed by atoms with E-state index >= 15 is 0 Å². The molecule has 5 nitrogen and oxygen atoms in total. The van der Waals surface area contributed by atoms with Crippen LogP contribution in [0.5, 0.6) is 0 Å². The van der Waals surface area contributed by atoms with Crippen molar-refractivity contribution in [1.82, 2.24) is 9.66 Å². The Morgan fingerprint density at radius 1 is 0.657 bits per heavy atom. The standard InChI is InChI=1S/C30H22N4O/c35-30-27-18-17-26(31-21-24-12-6-2-7-13-24)20-28(27)33-29(19-16-23-10-4-1-5-11-23)34(30)32-22-25-14-8-3-9-15-25/h1-22H/b19-16-,31-21?,32-22-. The van der Waals surface area contributed by atoms with Gasteiger partial charge in [-0.2, -0.15) is 9.78 Å². The van der Waals surface area contributed by atoms with Crippen LogP contribution in [0, 0.1) is 0 Å². The van der Waals surface area contributed by atoms with Gasteiger partial charge in [0.15, 0.2) is 5.82 Å². The lowest BCUT2D eigenvalue weighted by atomic mass is 10.2. The van der Waals surface area contributed by atoms with Gasteiger partial charge < -0.3 is 0 Å². The molecule has 4 aromatic carbocycles. The van der Waals surface area contributed by atoms with Crippen molar-refractivity contribution in [2.45, 2.75) is 0 Å². The Hall–Kier alpha value is -4.90. The van der Waals surface area contributed by atoms with Gasteiger partial charge in [-0.05, 0) is 41.0 Å². The number of nitrogens with zero attached hydrogens (tertiary/aromatic N) is 4. The summed E-state index contributed by atoms with van der Waals surface area (Å²) in [4.78, 5) is 22.7. The van der Waals surface area contributed by atoms with Crippen LogP contribution in [0.25, 0.3) is 23.1 Å². The molecule has 0 aliphatic rings. The zero-order valence-corrected chi connectivity index (χ0v) is 18.9. The van der Waals surface area contributed by atoms with Crippen molar-refractivity contribution in [3.63, 3.8) is 0 Å². The van der Waals surface area contributed by atoms with Crippen LogP contribution >= 0.6 is 0 Å². The highest BCUT2D eigenvalue weighted by Gasteiger charge is 2.09. The van der Waals surface area contributed by atoms with E-state index in [4.69, 9.17) is 4.98 Å². The number of rotatable bonds is 6. The van der Waals surface area contributed by atoms with Gasteiger partial charge in [-0.3, -0.25) is 9.79 Å². The number of aromatic nitrogens is 2. The maximum absolute atomic E-state index is 13.4. The lowest BCUT2D eigenvalue weighted by Crippen LogP contribution is -2.20. The van der Waals surface area contributed by atoms with E-state index < -0.39 is 0 Å². The first-order valence-corrected chi connectivity index (χ1v) is 11.2. The molecular weight excluding hydrogens is 432 g/mol. The smallest absolute Gasteiger partial charge is 0.267 e. The quantitative estimate of drug-likeness (QED) is 0.287. The van der Waals surface area contributed by atoms with Gasteiger partial charge in [0.2, 0.25) is 0 Å². The Balaban J connectivity index is 1.59. The van der Waals surface area contributed by atoms with Gasteiger partial charge in [-0.15, -0.1) is 0 Å². The van der Waals surface area contributed by atoms with E-state index in [9.17, 15) is 4.79 Å². The van der Waals surface area contributed by atoms with E-state index in [1.54, 1.807) is 24.6 Å². The number of fused-ring (bicyclic) bond motifs is 1. The number of hydrogen-bond donors (Lipinski definition) is 0. The van der Waals surface area contributed by atoms with E-state index in [1.807, 2.05) is 109 Å². The summed E-state index contributed by atoms with van der Waals surface area (Å²) in [5.41, 5.74) is 3.93. The van der Waals surface area contributed by atoms with Gasteiger partial charge in [0.1, 0.15) is 0 Å². The molecule has 0 aliphatic heterocycles. The molecule has 0 saturated carbocycles. The van der Waals surface area contributed by atoms with E-state index in [1.165, 1.54) is 4.68 Å². The second kappa shape index (κ2) is 10.4. The van der Waals surface area contributed by atoms with Crippen molar-refractivity contribution in [2.75, 3.05) is 0 Å². The maximum atomic E-state index is 13.4. The molecule has 0 atom stereocenters. The fraction of sp³-hybridized carbons (Fsp3) is 0. The molecule has 0 bridgehead atoms. The Kier molecular flexibility index (Phi) is 6.49. The largest absolute Gasteiger partial charge is 0.282 e. The molecule has 0 saturated heterocycles. The van der Waals surface area contributed by atoms with Crippen molar-refractivity contribution in [2.24, 2.45) is 10.1 Å². The molecule has 1 heterocycles. The molecule has 0 radical (unpaired) electrons. The van der Waals surface area contributed by atoms with Gasteiger partial charge in [-0.25, -0.2) is 4.98 Å². The molecule has 5 rings (SSSR count). The van der Waals surface area contributed by atoms with Gasteiger partial charge in [0, 0.05) is 6.21 Å². The summed E-state index contributed by atoms with van der Waals surface area (Å²) in [6, 6.07) is 34.8. The molecule has 1 aromatic heterocycles. The zero-order chi connectivity index (χ0) is 23.9. The van der Waals surface area contributed by atoms with Crippen molar-refractivity contribution in [1.29, 1.82) is 0 Å². The molecule has 35 heavy (non-hydrogen) atoms. The summed E-state index contributed by atoms with van der Waals surface area (Å²) in [6.07, 6.45) is 7.17. The Bertz CT molecular complexity index is 1590. The average Bonchev–Trinajstić information content (AvgIpc) is 2.92. The third-order valence-corrected chi connectivity index (χ3v) is 5.36. The number of benzene rings is 4. The summed E-state index contributed by atoms with van der Waals surface area (Å²) in [5, 5.41) is 4.95. The molecule has 0 spiro atoms. The van der Waals surface area contributed by atoms with Crippen molar-refractivity contribution < 1.29 is 0 Å². The molecule has 5 aromatic rings. The first-order chi connectivity index (χ1) is 17.3. The minimum absolute atomic E-state index is 0.242. The molecule has 0 fully saturated rings. The van der Waals surface area contributed by atoms with Gasteiger partial charge in [0.05, 0.1) is 22.8 Å². The average molecular weight is 455 g/mol. The minimum atomic E-state index is -0.242. The summed E-state index contributed by atoms with van der Waals surface area (Å²) in [5.74, 6) is 0.433. The zero-order valence-electron chi connectivity index (χ0n) is 18.9. The summed E-state index contributed by atoms with van der Waals surface area (Å²) in [6.45, 7) is 0. The van der Waals surface area contributed by atoms with Crippen LogP contribution in [0.1, 0.15) is 22.5 Å². The summed E-state index contributed by atoms with van der Waals surface area (Å²) < 4.78 is 1.34. The first-order valence-electron chi connectivity index (χ1n) is 11.2. The van der Waals surface area contributed by atoms with E-state index in [0.717, 1.165) is 22.4 Å². The van der Waals surface area contributed by atoms with Crippen LogP contribution in [0.15, 0.2) is 124 Å². The SMILES string of the molecule is O=c1c2ccc(N=Cc3ccccc3)cc2nc(/C=C\c2ccccc2)n1/N=C\c1ccccc1. The molecule has 0 unspecified atom stereocenters. The van der Waals surface area contributed by atoms with Crippen molar-refractivity contribution >= 4 is 41.2 Å². The van der Waals surface area contributed by atoms with Crippen molar-refractivity contribution in [3.8, 4) is 0 Å². The van der Waals surface area contributed by atoms with E-state index in [-0.39, 0.29) is 5.56 Å². The Morgan fingerprint density at radius 2 is 1.26 bits per heavy atom. The number of hydrogen-bond acceptors (Lipinski definition) is 4. The van der Waals surface area contributed by atoms with Crippen LogP contribution in [-0.2, 0) is 0 Å². The summed E-state index contributed by atoms with van der Waals surface area (Å²) in [7, 11) is 0. The van der Waals surface area contributed by atoms with Gasteiger partial charge >= 0.3 is 0 Å². The molecule has 168 valence electrons. The van der Waals surface area contributed by atoms with Crippen LogP contribution in [0.3, 0.4) is 0 Å². The van der Waals surface area contributed by atoms with E-state index in [2.05, 4.69) is 10.1 Å². The minimum Gasteiger partial charge on any atom is -0.267 e. The maximum Gasteiger partial charge on any atom is 0.282 e. The summed E-state index contributed by atoms with van der Waals surface area (Å²) >= 11 is 0. The van der Waals surface area contributed by atoms with Crippen molar-refractivity contribution in [3.05, 3.63) is 142 Å². The highest BCUT2D eigenvalue weighted by Crippen LogP contribution is 2.19. The van der Waals surface area contributed by atoms with Crippen LogP contribution < -0.4 is 5.56 Å². The monoisotopic (exact) mass is 454 g/mol. The molecule has 0 amide bonds. The topological polar surface area (TPSA) is 59.6 Å². The Labute approximate surface area is 203 Å². The third kappa shape index (κ3) is 5.37. The Morgan fingerprint density at radius 3 is 1.91 bits per heavy atom. The second-order valence-electron chi connectivity index (χ2n) is 7.86.